The van der Waals surface area contributed by atoms with Gasteiger partial charge in [-0.25, -0.2) is 4.79 Å². The van der Waals surface area contributed by atoms with Gasteiger partial charge in [-0.1, -0.05) is 12.1 Å². The second-order valence-electron chi connectivity index (χ2n) is 5.16. The third-order valence-electron chi connectivity index (χ3n) is 3.08. The summed E-state index contributed by atoms with van der Waals surface area (Å²) >= 11 is 0. The Kier molecular flexibility index (Phi) is 4.48. The summed E-state index contributed by atoms with van der Waals surface area (Å²) in [5.41, 5.74) is 4.70. The average molecular weight is 284 g/mol. The normalized spacial score (nSPS) is 10.1. The highest BCUT2D eigenvalue weighted by Crippen LogP contribution is 2.25. The maximum absolute atomic E-state index is 12.1. The molecule has 0 spiro atoms. The molecule has 0 aliphatic carbocycles. The number of hydrogen-bond donors (Lipinski definition) is 2. The molecule has 0 heterocycles. The predicted octanol–water partition coefficient (Wildman–Crippen LogP) is 4.26. The van der Waals surface area contributed by atoms with Crippen molar-refractivity contribution < 1.29 is 9.53 Å². The topological polar surface area (TPSA) is 50.4 Å². The van der Waals surface area contributed by atoms with Crippen LogP contribution < -0.4 is 15.4 Å². The standard InChI is InChI=1S/C17H20N2O2/c1-11-5-6-16(21-4)15(10-11)19-17(20)18-14-8-12(2)7-13(3)9-14/h5-10H,1-4H3,(H2,18,19,20). The number of rotatable bonds is 3. The number of methoxy groups -OCH3 is 1. The molecule has 0 aromatic heterocycles. The average Bonchev–Trinajstić information content (AvgIpc) is 2.37. The van der Waals surface area contributed by atoms with Crippen molar-refractivity contribution in [3.63, 3.8) is 0 Å². The molecule has 0 saturated heterocycles. The van der Waals surface area contributed by atoms with Gasteiger partial charge in [0, 0.05) is 5.69 Å². The van der Waals surface area contributed by atoms with E-state index in [0.717, 1.165) is 22.4 Å². The highest BCUT2D eigenvalue weighted by molar-refractivity contribution is 6.00. The molecule has 4 heteroatoms. The van der Waals surface area contributed by atoms with Gasteiger partial charge in [0.05, 0.1) is 12.8 Å². The summed E-state index contributed by atoms with van der Waals surface area (Å²) in [6.45, 7) is 5.96. The Morgan fingerprint density at radius 1 is 0.905 bits per heavy atom. The largest absolute Gasteiger partial charge is 0.495 e. The molecular weight excluding hydrogens is 264 g/mol. The van der Waals surface area contributed by atoms with Crippen molar-refractivity contribution in [2.45, 2.75) is 20.8 Å². The zero-order valence-corrected chi connectivity index (χ0v) is 12.8. The first-order chi connectivity index (χ1) is 9.97. The molecule has 0 unspecified atom stereocenters. The molecule has 21 heavy (non-hydrogen) atoms. The van der Waals surface area contributed by atoms with Crippen molar-refractivity contribution in [1.29, 1.82) is 0 Å². The monoisotopic (exact) mass is 284 g/mol. The highest BCUT2D eigenvalue weighted by atomic mass is 16.5. The second-order valence-corrected chi connectivity index (χ2v) is 5.16. The fraction of sp³-hybridized carbons (Fsp3) is 0.235. The van der Waals surface area contributed by atoms with Gasteiger partial charge in [0.2, 0.25) is 0 Å². The van der Waals surface area contributed by atoms with Gasteiger partial charge in [0.25, 0.3) is 0 Å². The van der Waals surface area contributed by atoms with Crippen LogP contribution in [-0.2, 0) is 0 Å². The lowest BCUT2D eigenvalue weighted by Crippen LogP contribution is -2.20. The molecule has 0 aliphatic heterocycles. The summed E-state index contributed by atoms with van der Waals surface area (Å²) in [7, 11) is 1.58. The first-order valence-electron chi connectivity index (χ1n) is 6.79. The number of aryl methyl sites for hydroxylation is 3. The highest BCUT2D eigenvalue weighted by Gasteiger charge is 2.08. The van der Waals surface area contributed by atoms with Gasteiger partial charge in [0.15, 0.2) is 0 Å². The van der Waals surface area contributed by atoms with Crippen LogP contribution in [0.5, 0.6) is 5.75 Å². The molecule has 2 amide bonds. The summed E-state index contributed by atoms with van der Waals surface area (Å²) < 4.78 is 5.25. The lowest BCUT2D eigenvalue weighted by Gasteiger charge is -2.12. The van der Waals surface area contributed by atoms with E-state index in [4.69, 9.17) is 4.74 Å². The van der Waals surface area contributed by atoms with Gasteiger partial charge >= 0.3 is 6.03 Å². The fourth-order valence-corrected chi connectivity index (χ4v) is 2.25. The number of urea groups is 1. The molecule has 0 aliphatic rings. The van der Waals surface area contributed by atoms with Crippen LogP contribution in [0.2, 0.25) is 0 Å². The molecule has 0 saturated carbocycles. The molecule has 2 rings (SSSR count). The van der Waals surface area contributed by atoms with Crippen LogP contribution in [0.25, 0.3) is 0 Å². The first kappa shape index (κ1) is 14.9. The van der Waals surface area contributed by atoms with Crippen molar-refractivity contribution in [2.24, 2.45) is 0 Å². The minimum atomic E-state index is -0.288. The minimum absolute atomic E-state index is 0.288. The van der Waals surface area contributed by atoms with E-state index in [2.05, 4.69) is 16.7 Å². The summed E-state index contributed by atoms with van der Waals surface area (Å²) in [6, 6.07) is 11.3. The Bertz CT molecular complexity index is 646. The Balaban J connectivity index is 2.13. The molecule has 4 nitrogen and oxygen atoms in total. The van der Waals surface area contributed by atoms with E-state index in [1.807, 2.05) is 51.1 Å². The number of benzene rings is 2. The van der Waals surface area contributed by atoms with Crippen LogP contribution in [0.15, 0.2) is 36.4 Å². The van der Waals surface area contributed by atoms with Gasteiger partial charge in [-0.2, -0.15) is 0 Å². The summed E-state index contributed by atoms with van der Waals surface area (Å²) in [5.74, 6) is 0.635. The van der Waals surface area contributed by atoms with Gasteiger partial charge in [0.1, 0.15) is 5.75 Å². The number of ether oxygens (including phenoxy) is 1. The second kappa shape index (κ2) is 6.31. The van der Waals surface area contributed by atoms with E-state index in [-0.39, 0.29) is 6.03 Å². The number of nitrogens with one attached hydrogen (secondary N) is 2. The summed E-state index contributed by atoms with van der Waals surface area (Å²) in [6.07, 6.45) is 0. The maximum Gasteiger partial charge on any atom is 0.323 e. The molecule has 0 radical (unpaired) electrons. The van der Waals surface area contributed by atoms with Gasteiger partial charge < -0.3 is 15.4 Å². The van der Waals surface area contributed by atoms with Crippen LogP contribution in [0.3, 0.4) is 0 Å². The number of carbonyl (C=O) groups is 1. The van der Waals surface area contributed by atoms with E-state index in [1.165, 1.54) is 0 Å². The molecule has 0 bridgehead atoms. The molecular formula is C17H20N2O2. The Labute approximate surface area is 125 Å². The lowest BCUT2D eigenvalue weighted by molar-refractivity contribution is 0.262. The number of carbonyl (C=O) groups excluding carboxylic acids is 1. The van der Waals surface area contributed by atoms with E-state index >= 15 is 0 Å². The van der Waals surface area contributed by atoms with Crippen molar-refractivity contribution in [2.75, 3.05) is 17.7 Å². The van der Waals surface area contributed by atoms with Crippen LogP contribution in [0, 0.1) is 20.8 Å². The third kappa shape index (κ3) is 3.99. The molecule has 2 aromatic rings. The Morgan fingerprint density at radius 3 is 2.19 bits per heavy atom. The van der Waals surface area contributed by atoms with Crippen LogP contribution >= 0.6 is 0 Å². The summed E-state index contributed by atoms with van der Waals surface area (Å²) in [5, 5.41) is 5.65. The van der Waals surface area contributed by atoms with E-state index in [1.54, 1.807) is 7.11 Å². The number of anilines is 2. The zero-order chi connectivity index (χ0) is 15.4. The van der Waals surface area contributed by atoms with Gasteiger partial charge in [-0.3, -0.25) is 0 Å². The van der Waals surface area contributed by atoms with Crippen molar-refractivity contribution in [3.8, 4) is 5.75 Å². The quantitative estimate of drug-likeness (QED) is 0.884. The number of hydrogen-bond acceptors (Lipinski definition) is 2. The van der Waals surface area contributed by atoms with Crippen LogP contribution in [0.4, 0.5) is 16.2 Å². The molecule has 0 fully saturated rings. The third-order valence-corrected chi connectivity index (χ3v) is 3.08. The predicted molar refractivity (Wildman–Crippen MR) is 86.3 cm³/mol. The summed E-state index contributed by atoms with van der Waals surface area (Å²) in [4.78, 5) is 12.1. The molecule has 0 atom stereocenters. The van der Waals surface area contributed by atoms with Crippen molar-refractivity contribution >= 4 is 17.4 Å². The minimum Gasteiger partial charge on any atom is -0.495 e. The first-order valence-corrected chi connectivity index (χ1v) is 6.79. The molecule has 110 valence electrons. The van der Waals surface area contributed by atoms with E-state index in [9.17, 15) is 4.79 Å². The van der Waals surface area contributed by atoms with Gasteiger partial charge in [-0.05, 0) is 61.7 Å². The molecule has 2 N–H and O–H groups in total. The van der Waals surface area contributed by atoms with Crippen LogP contribution in [0.1, 0.15) is 16.7 Å². The molecule has 2 aromatic carbocycles. The lowest BCUT2D eigenvalue weighted by atomic mass is 10.1. The SMILES string of the molecule is COc1ccc(C)cc1NC(=O)Nc1cc(C)cc(C)c1. The Morgan fingerprint density at radius 2 is 1.57 bits per heavy atom. The van der Waals surface area contributed by atoms with Crippen molar-refractivity contribution in [3.05, 3.63) is 53.1 Å². The fourth-order valence-electron chi connectivity index (χ4n) is 2.25. The Hall–Kier alpha value is -2.49. The van der Waals surface area contributed by atoms with Crippen molar-refractivity contribution in [1.82, 2.24) is 0 Å². The smallest absolute Gasteiger partial charge is 0.323 e. The van der Waals surface area contributed by atoms with Crippen LogP contribution in [-0.4, -0.2) is 13.1 Å². The maximum atomic E-state index is 12.1. The van der Waals surface area contributed by atoms with Gasteiger partial charge in [-0.15, -0.1) is 0 Å². The number of amides is 2. The zero-order valence-electron chi connectivity index (χ0n) is 12.8. The van der Waals surface area contributed by atoms with E-state index in [0.29, 0.717) is 11.4 Å². The van der Waals surface area contributed by atoms with E-state index < -0.39 is 0 Å².